The molecule has 134 valence electrons. The third kappa shape index (κ3) is 3.77. The Labute approximate surface area is 150 Å². The minimum absolute atomic E-state index is 0.0971. The summed E-state index contributed by atoms with van der Waals surface area (Å²) in [6.45, 7) is 0.0971. The summed E-state index contributed by atoms with van der Waals surface area (Å²) in [7, 11) is 4.60. The summed E-state index contributed by atoms with van der Waals surface area (Å²) in [5.74, 6) is 0.0352. The molecule has 26 heavy (non-hydrogen) atoms. The summed E-state index contributed by atoms with van der Waals surface area (Å²) in [5.41, 5.74) is 2.09. The third-order valence-corrected chi connectivity index (χ3v) is 3.59. The van der Waals surface area contributed by atoms with Crippen molar-refractivity contribution in [2.24, 2.45) is 7.05 Å². The highest BCUT2D eigenvalue weighted by molar-refractivity contribution is 5.93. The molecule has 0 radical (unpaired) electrons. The van der Waals surface area contributed by atoms with E-state index in [1.165, 1.54) is 18.9 Å². The monoisotopic (exact) mass is 354 g/mol. The second kappa shape index (κ2) is 7.60. The third-order valence-electron chi connectivity index (χ3n) is 3.59. The van der Waals surface area contributed by atoms with E-state index in [4.69, 9.17) is 9.47 Å². The minimum atomic E-state index is -0.291. The van der Waals surface area contributed by atoms with Crippen molar-refractivity contribution in [2.45, 2.75) is 6.54 Å². The SMILES string of the molecule is COc1nc(CNC(=O)c2cc(-c3ccccc3)nn2C)nc(OC)n1. The lowest BCUT2D eigenvalue weighted by Crippen LogP contribution is -2.26. The lowest BCUT2D eigenvalue weighted by molar-refractivity contribution is 0.0940. The highest BCUT2D eigenvalue weighted by Gasteiger charge is 2.15. The Morgan fingerprint density at radius 2 is 1.73 bits per heavy atom. The number of benzene rings is 1. The van der Waals surface area contributed by atoms with Crippen molar-refractivity contribution < 1.29 is 14.3 Å². The Morgan fingerprint density at radius 1 is 1.08 bits per heavy atom. The highest BCUT2D eigenvalue weighted by Crippen LogP contribution is 2.18. The second-order valence-electron chi connectivity index (χ2n) is 5.31. The first kappa shape index (κ1) is 17.3. The minimum Gasteiger partial charge on any atom is -0.467 e. The topological polar surface area (TPSA) is 104 Å². The van der Waals surface area contributed by atoms with Crippen molar-refractivity contribution in [3.63, 3.8) is 0 Å². The van der Waals surface area contributed by atoms with Crippen molar-refractivity contribution in [1.82, 2.24) is 30.0 Å². The van der Waals surface area contributed by atoms with E-state index in [-0.39, 0.29) is 24.5 Å². The second-order valence-corrected chi connectivity index (χ2v) is 5.31. The molecule has 2 aromatic heterocycles. The number of hydrogen-bond donors (Lipinski definition) is 1. The summed E-state index contributed by atoms with van der Waals surface area (Å²) < 4.78 is 11.5. The Kier molecular flexibility index (Phi) is 5.07. The molecule has 0 aliphatic rings. The number of ether oxygens (including phenoxy) is 2. The standard InChI is InChI=1S/C17H18N6O3/c1-23-13(9-12(22-23)11-7-5-4-6-8-11)15(24)18-10-14-19-16(25-2)21-17(20-14)26-3/h4-9H,10H2,1-3H3,(H,18,24). The Hall–Kier alpha value is -3.49. The molecule has 0 atom stereocenters. The summed E-state index contributed by atoms with van der Waals surface area (Å²) in [4.78, 5) is 24.6. The molecule has 1 aromatic carbocycles. The van der Waals surface area contributed by atoms with Gasteiger partial charge >= 0.3 is 12.0 Å². The van der Waals surface area contributed by atoms with Crippen LogP contribution in [0.2, 0.25) is 0 Å². The summed E-state index contributed by atoms with van der Waals surface area (Å²) in [5, 5.41) is 7.15. The number of aryl methyl sites for hydroxylation is 1. The first-order chi connectivity index (χ1) is 12.6. The zero-order chi connectivity index (χ0) is 18.5. The number of nitrogens with one attached hydrogen (secondary N) is 1. The molecule has 2 heterocycles. The van der Waals surface area contributed by atoms with E-state index in [2.05, 4.69) is 25.4 Å². The molecular formula is C17H18N6O3. The summed E-state index contributed by atoms with van der Waals surface area (Å²) in [6, 6.07) is 11.6. The van der Waals surface area contributed by atoms with E-state index in [9.17, 15) is 4.79 Å². The molecule has 0 saturated carbocycles. The van der Waals surface area contributed by atoms with Gasteiger partial charge in [-0.05, 0) is 6.07 Å². The fraction of sp³-hybridized carbons (Fsp3) is 0.235. The van der Waals surface area contributed by atoms with Gasteiger partial charge in [0.2, 0.25) is 0 Å². The zero-order valence-corrected chi connectivity index (χ0v) is 14.6. The van der Waals surface area contributed by atoms with E-state index >= 15 is 0 Å². The number of hydrogen-bond acceptors (Lipinski definition) is 7. The van der Waals surface area contributed by atoms with Crippen LogP contribution in [0.5, 0.6) is 12.0 Å². The van der Waals surface area contributed by atoms with Crippen LogP contribution in [0.4, 0.5) is 0 Å². The van der Waals surface area contributed by atoms with Crippen LogP contribution in [0.25, 0.3) is 11.3 Å². The van der Waals surface area contributed by atoms with Gasteiger partial charge in [-0.3, -0.25) is 9.48 Å². The van der Waals surface area contributed by atoms with Crippen LogP contribution in [-0.2, 0) is 13.6 Å². The molecule has 9 nitrogen and oxygen atoms in total. The molecule has 9 heteroatoms. The normalized spacial score (nSPS) is 10.4. The average Bonchev–Trinajstić information content (AvgIpc) is 3.08. The van der Waals surface area contributed by atoms with Gasteiger partial charge in [-0.25, -0.2) is 0 Å². The van der Waals surface area contributed by atoms with Crippen LogP contribution in [0.15, 0.2) is 36.4 Å². The van der Waals surface area contributed by atoms with E-state index in [1.54, 1.807) is 13.1 Å². The molecule has 0 aliphatic carbocycles. The molecule has 0 spiro atoms. The molecule has 1 N–H and O–H groups in total. The predicted octanol–water partition coefficient (Wildman–Crippen LogP) is 1.22. The largest absolute Gasteiger partial charge is 0.467 e. The van der Waals surface area contributed by atoms with Gasteiger partial charge < -0.3 is 14.8 Å². The molecule has 3 aromatic rings. The number of aromatic nitrogens is 5. The lowest BCUT2D eigenvalue weighted by Gasteiger charge is -2.06. The maximum Gasteiger partial charge on any atom is 0.322 e. The van der Waals surface area contributed by atoms with Crippen molar-refractivity contribution in [1.29, 1.82) is 0 Å². The molecule has 0 saturated heterocycles. The van der Waals surface area contributed by atoms with Crippen molar-refractivity contribution in [3.8, 4) is 23.3 Å². The average molecular weight is 354 g/mol. The Balaban J connectivity index is 1.74. The van der Waals surface area contributed by atoms with E-state index in [0.717, 1.165) is 11.3 Å². The van der Waals surface area contributed by atoms with Crippen molar-refractivity contribution in [3.05, 3.63) is 47.9 Å². The first-order valence-electron chi connectivity index (χ1n) is 7.81. The number of amides is 1. The summed E-state index contributed by atoms with van der Waals surface area (Å²) >= 11 is 0. The molecule has 0 fully saturated rings. The number of methoxy groups -OCH3 is 2. The van der Waals surface area contributed by atoms with E-state index in [1.807, 2.05) is 30.3 Å². The molecular weight excluding hydrogens is 336 g/mol. The maximum absolute atomic E-state index is 12.5. The quantitative estimate of drug-likeness (QED) is 0.710. The summed E-state index contributed by atoms with van der Waals surface area (Å²) in [6.07, 6.45) is 0. The Bertz CT molecular complexity index is 888. The van der Waals surface area contributed by atoms with Gasteiger partial charge in [-0.1, -0.05) is 30.3 Å². The molecule has 3 rings (SSSR count). The van der Waals surface area contributed by atoms with E-state index in [0.29, 0.717) is 11.5 Å². The zero-order valence-electron chi connectivity index (χ0n) is 14.6. The molecule has 0 bridgehead atoms. The first-order valence-corrected chi connectivity index (χ1v) is 7.81. The van der Waals surface area contributed by atoms with Gasteiger partial charge in [0, 0.05) is 12.6 Å². The van der Waals surface area contributed by atoms with Crippen LogP contribution in [0, 0.1) is 0 Å². The van der Waals surface area contributed by atoms with Crippen LogP contribution in [-0.4, -0.2) is 44.9 Å². The Morgan fingerprint density at radius 3 is 2.35 bits per heavy atom. The van der Waals surface area contributed by atoms with Gasteiger partial charge in [0.15, 0.2) is 5.82 Å². The fourth-order valence-corrected chi connectivity index (χ4v) is 2.32. The molecule has 1 amide bonds. The maximum atomic E-state index is 12.5. The molecule has 0 aliphatic heterocycles. The highest BCUT2D eigenvalue weighted by atomic mass is 16.5. The van der Waals surface area contributed by atoms with Gasteiger partial charge in [0.1, 0.15) is 5.69 Å². The van der Waals surface area contributed by atoms with Crippen LogP contribution in [0.1, 0.15) is 16.3 Å². The number of carbonyl (C=O) groups excluding carboxylic acids is 1. The van der Waals surface area contributed by atoms with Crippen molar-refractivity contribution >= 4 is 5.91 Å². The van der Waals surface area contributed by atoms with Gasteiger partial charge in [-0.2, -0.15) is 15.1 Å². The van der Waals surface area contributed by atoms with E-state index < -0.39 is 0 Å². The van der Waals surface area contributed by atoms with Crippen LogP contribution in [0.3, 0.4) is 0 Å². The fourth-order valence-electron chi connectivity index (χ4n) is 2.32. The van der Waals surface area contributed by atoms with Gasteiger partial charge in [0.25, 0.3) is 5.91 Å². The number of carbonyl (C=O) groups is 1. The predicted molar refractivity (Wildman–Crippen MR) is 92.7 cm³/mol. The van der Waals surface area contributed by atoms with Crippen LogP contribution < -0.4 is 14.8 Å². The van der Waals surface area contributed by atoms with Gasteiger partial charge in [-0.15, -0.1) is 4.98 Å². The van der Waals surface area contributed by atoms with Gasteiger partial charge in [0.05, 0.1) is 26.5 Å². The molecule has 0 unspecified atom stereocenters. The number of rotatable bonds is 6. The van der Waals surface area contributed by atoms with Crippen LogP contribution >= 0.6 is 0 Å². The van der Waals surface area contributed by atoms with Crippen molar-refractivity contribution in [2.75, 3.05) is 14.2 Å². The number of nitrogens with zero attached hydrogens (tertiary/aromatic N) is 5. The lowest BCUT2D eigenvalue weighted by atomic mass is 10.1. The smallest absolute Gasteiger partial charge is 0.322 e.